The normalized spacial score (nSPS) is 11.7. The van der Waals surface area contributed by atoms with Gasteiger partial charge in [-0.05, 0) is 30.7 Å². The van der Waals surface area contributed by atoms with E-state index in [4.69, 9.17) is 9.29 Å². The minimum absolute atomic E-state index is 0.167. The fraction of sp³-hybridized carbons (Fsp3) is 0.308. The molecule has 1 aromatic rings. The highest BCUT2D eigenvalue weighted by Gasteiger charge is 2.09. The molecule has 1 aromatic carbocycles. The van der Waals surface area contributed by atoms with Crippen LogP contribution in [0.2, 0.25) is 0 Å². The zero-order valence-electron chi connectivity index (χ0n) is 10.6. The van der Waals surface area contributed by atoms with Crippen LogP contribution in [0.3, 0.4) is 0 Å². The second-order valence-corrected chi connectivity index (χ2v) is 5.31. The molecule has 0 aliphatic rings. The Kier molecular flexibility index (Phi) is 5.72. The number of hydrogen-bond acceptors (Lipinski definition) is 4. The fourth-order valence-corrected chi connectivity index (χ4v) is 1.80. The largest absolute Gasteiger partial charge is 0.426 e. The lowest BCUT2D eigenvalue weighted by Gasteiger charge is -2.03. The van der Waals surface area contributed by atoms with Gasteiger partial charge in [0.2, 0.25) is 0 Å². The van der Waals surface area contributed by atoms with Gasteiger partial charge in [0.05, 0.1) is 11.3 Å². The first-order valence-electron chi connectivity index (χ1n) is 5.86. The number of carbonyl (C=O) groups is 1. The predicted molar refractivity (Wildman–Crippen MR) is 70.6 cm³/mol. The molecule has 1 rings (SSSR count). The van der Waals surface area contributed by atoms with Gasteiger partial charge in [-0.2, -0.15) is 8.42 Å². The average molecular weight is 284 g/mol. The Hall–Kier alpha value is -1.66. The maximum atomic E-state index is 11.4. The summed E-state index contributed by atoms with van der Waals surface area (Å²) in [5, 5.41) is 0. The topological polar surface area (TPSA) is 80.7 Å². The monoisotopic (exact) mass is 284 g/mol. The molecule has 0 aromatic heterocycles. The third-order valence-corrected chi connectivity index (χ3v) is 3.13. The van der Waals surface area contributed by atoms with Crippen LogP contribution in [0.25, 0.3) is 0 Å². The zero-order chi connectivity index (χ0) is 14.3. The Labute approximate surface area is 112 Å². The highest BCUT2D eigenvalue weighted by Crippen LogP contribution is 2.16. The van der Waals surface area contributed by atoms with Crippen molar-refractivity contribution in [2.45, 2.75) is 31.1 Å². The Morgan fingerprint density at radius 1 is 1.26 bits per heavy atom. The third kappa shape index (κ3) is 5.67. The highest BCUT2D eigenvalue weighted by molar-refractivity contribution is 7.85. The van der Waals surface area contributed by atoms with Crippen molar-refractivity contribution in [3.8, 4) is 5.75 Å². The number of hydrogen-bond donors (Lipinski definition) is 1. The summed E-state index contributed by atoms with van der Waals surface area (Å²) in [5.74, 6) is -0.187. The summed E-state index contributed by atoms with van der Waals surface area (Å²) < 4.78 is 35.4. The number of rotatable bonds is 6. The number of allylic oxidation sites excluding steroid dienone is 1. The summed E-state index contributed by atoms with van der Waals surface area (Å²) in [6.45, 7) is 2.04. The molecule has 0 radical (unpaired) electrons. The van der Waals surface area contributed by atoms with Gasteiger partial charge in [0, 0.05) is 0 Å². The molecule has 0 spiro atoms. The molecule has 0 bridgehead atoms. The molecule has 0 heterocycles. The molecular formula is C13H16O5S. The van der Waals surface area contributed by atoms with E-state index in [1.807, 2.05) is 13.0 Å². The number of carbonyl (C=O) groups excluding carboxylic acids is 1. The lowest BCUT2D eigenvalue weighted by atomic mass is 10.3. The summed E-state index contributed by atoms with van der Waals surface area (Å²) in [4.78, 5) is 11.2. The number of esters is 1. The van der Waals surface area contributed by atoms with Crippen LogP contribution < -0.4 is 4.74 Å². The second-order valence-electron chi connectivity index (χ2n) is 3.88. The number of unbranched alkanes of at least 4 members (excludes halogenated alkanes) is 1. The smallest absolute Gasteiger partial charge is 0.315 e. The molecule has 0 amide bonds. The van der Waals surface area contributed by atoms with Crippen molar-refractivity contribution in [2.75, 3.05) is 0 Å². The quantitative estimate of drug-likeness (QED) is 0.376. The van der Waals surface area contributed by atoms with Crippen molar-refractivity contribution < 1.29 is 22.5 Å². The van der Waals surface area contributed by atoms with E-state index in [1.165, 1.54) is 24.3 Å². The van der Waals surface area contributed by atoms with Crippen molar-refractivity contribution in [1.29, 1.82) is 0 Å². The van der Waals surface area contributed by atoms with E-state index in [0.717, 1.165) is 12.8 Å². The van der Waals surface area contributed by atoms with Gasteiger partial charge < -0.3 is 4.74 Å². The standard InChI is InChI=1S/C13H16O5S/c1-2-3-4-5-6-13(14)18-11-7-9-12(10-8-11)19(15,16)17/h4-5,7-10H,2-3,6H2,1H3,(H,15,16,17). The molecule has 0 atom stereocenters. The van der Waals surface area contributed by atoms with Crippen LogP contribution >= 0.6 is 0 Å². The Bertz CT molecular complexity index is 543. The number of benzene rings is 1. The van der Waals surface area contributed by atoms with Crippen LogP contribution in [0.4, 0.5) is 0 Å². The van der Waals surface area contributed by atoms with Crippen molar-refractivity contribution in [3.63, 3.8) is 0 Å². The summed E-state index contributed by atoms with van der Waals surface area (Å²) in [6, 6.07) is 4.98. The van der Waals surface area contributed by atoms with Gasteiger partial charge in [-0.25, -0.2) is 0 Å². The molecule has 0 saturated carbocycles. The van der Waals surface area contributed by atoms with E-state index in [2.05, 4.69) is 0 Å². The van der Waals surface area contributed by atoms with Gasteiger partial charge in [0.15, 0.2) is 0 Å². The van der Waals surface area contributed by atoms with Crippen LogP contribution in [-0.2, 0) is 14.9 Å². The Morgan fingerprint density at radius 2 is 1.89 bits per heavy atom. The Morgan fingerprint density at radius 3 is 2.42 bits per heavy atom. The molecule has 0 fully saturated rings. The lowest BCUT2D eigenvalue weighted by Crippen LogP contribution is -2.06. The molecule has 0 aliphatic heterocycles. The van der Waals surface area contributed by atoms with E-state index in [9.17, 15) is 13.2 Å². The van der Waals surface area contributed by atoms with Crippen molar-refractivity contribution in [2.24, 2.45) is 0 Å². The van der Waals surface area contributed by atoms with Gasteiger partial charge in [-0.1, -0.05) is 25.5 Å². The first-order valence-corrected chi connectivity index (χ1v) is 7.30. The van der Waals surface area contributed by atoms with E-state index in [1.54, 1.807) is 6.08 Å². The highest BCUT2D eigenvalue weighted by atomic mass is 32.2. The molecule has 19 heavy (non-hydrogen) atoms. The SMILES string of the molecule is CCCC=CCC(=O)Oc1ccc(S(=O)(=O)O)cc1. The molecule has 0 saturated heterocycles. The fourth-order valence-electron chi connectivity index (χ4n) is 1.32. The summed E-state index contributed by atoms with van der Waals surface area (Å²) in [5.41, 5.74) is 0. The second kappa shape index (κ2) is 7.06. The van der Waals surface area contributed by atoms with E-state index >= 15 is 0 Å². The molecule has 5 nitrogen and oxygen atoms in total. The van der Waals surface area contributed by atoms with Crippen molar-refractivity contribution in [3.05, 3.63) is 36.4 Å². The summed E-state index contributed by atoms with van der Waals surface area (Å²) >= 11 is 0. The third-order valence-electron chi connectivity index (χ3n) is 2.26. The van der Waals surface area contributed by atoms with Gasteiger partial charge in [-0.15, -0.1) is 0 Å². The van der Waals surface area contributed by atoms with Crippen LogP contribution in [-0.4, -0.2) is 18.9 Å². The molecule has 6 heteroatoms. The minimum Gasteiger partial charge on any atom is -0.426 e. The molecule has 104 valence electrons. The van der Waals surface area contributed by atoms with Gasteiger partial charge in [0.1, 0.15) is 5.75 Å². The first kappa shape index (κ1) is 15.4. The van der Waals surface area contributed by atoms with Gasteiger partial charge in [-0.3, -0.25) is 9.35 Å². The molecular weight excluding hydrogens is 268 g/mol. The molecule has 1 N–H and O–H groups in total. The summed E-state index contributed by atoms with van der Waals surface area (Å²) in [6.07, 6.45) is 5.74. The van der Waals surface area contributed by atoms with Crippen molar-refractivity contribution >= 4 is 16.1 Å². The first-order chi connectivity index (χ1) is 8.93. The van der Waals surface area contributed by atoms with Crippen LogP contribution in [0.1, 0.15) is 26.2 Å². The average Bonchev–Trinajstić information content (AvgIpc) is 2.34. The predicted octanol–water partition coefficient (Wildman–Crippen LogP) is 2.59. The maximum Gasteiger partial charge on any atom is 0.315 e. The van der Waals surface area contributed by atoms with Gasteiger partial charge >= 0.3 is 5.97 Å². The minimum atomic E-state index is -4.22. The van der Waals surface area contributed by atoms with Gasteiger partial charge in [0.25, 0.3) is 10.1 Å². The molecule has 0 unspecified atom stereocenters. The van der Waals surface area contributed by atoms with E-state index < -0.39 is 16.1 Å². The van der Waals surface area contributed by atoms with Crippen molar-refractivity contribution in [1.82, 2.24) is 0 Å². The van der Waals surface area contributed by atoms with Crippen LogP contribution in [0.5, 0.6) is 5.75 Å². The summed E-state index contributed by atoms with van der Waals surface area (Å²) in [7, 11) is -4.22. The lowest BCUT2D eigenvalue weighted by molar-refractivity contribution is -0.133. The molecule has 0 aliphatic carbocycles. The van der Waals surface area contributed by atoms with E-state index in [-0.39, 0.29) is 17.1 Å². The Balaban J connectivity index is 2.56. The number of ether oxygens (including phenoxy) is 1. The maximum absolute atomic E-state index is 11.4. The van der Waals surface area contributed by atoms with Crippen LogP contribution in [0, 0.1) is 0 Å². The zero-order valence-corrected chi connectivity index (χ0v) is 11.4. The van der Waals surface area contributed by atoms with E-state index in [0.29, 0.717) is 0 Å². The van der Waals surface area contributed by atoms with Crippen LogP contribution in [0.15, 0.2) is 41.3 Å².